The Labute approximate surface area is 117 Å². The smallest absolute Gasteiger partial charge is 0.124 e. The zero-order valence-electron chi connectivity index (χ0n) is 12.9. The first-order valence-electron chi connectivity index (χ1n) is 7.10. The molecule has 0 aliphatic carbocycles. The maximum Gasteiger partial charge on any atom is 0.124 e. The van der Waals surface area contributed by atoms with Crippen LogP contribution in [0.15, 0.2) is 12.1 Å². The zero-order chi connectivity index (χ0) is 14.3. The summed E-state index contributed by atoms with van der Waals surface area (Å²) in [6, 6.07) is 4.47. The molecule has 1 rings (SSSR count). The third-order valence-electron chi connectivity index (χ3n) is 3.15. The van der Waals surface area contributed by atoms with Crippen LogP contribution < -0.4 is 10.1 Å². The summed E-state index contributed by atoms with van der Waals surface area (Å²) in [5, 5.41) is 3.49. The second-order valence-corrected chi connectivity index (χ2v) is 4.88. The van der Waals surface area contributed by atoms with Gasteiger partial charge in [-0.1, -0.05) is 19.9 Å². The van der Waals surface area contributed by atoms with Gasteiger partial charge in [-0.25, -0.2) is 0 Å². The molecule has 1 unspecified atom stereocenters. The highest BCUT2D eigenvalue weighted by atomic mass is 16.5. The molecule has 0 aromatic heterocycles. The number of rotatable bonds is 8. The second kappa shape index (κ2) is 8.18. The maximum atomic E-state index is 5.72. The van der Waals surface area contributed by atoms with Crippen LogP contribution in [0.25, 0.3) is 0 Å². The van der Waals surface area contributed by atoms with Crippen LogP contribution in [0.5, 0.6) is 5.75 Å². The lowest BCUT2D eigenvalue weighted by Crippen LogP contribution is -2.26. The van der Waals surface area contributed by atoms with Gasteiger partial charge in [0, 0.05) is 12.2 Å². The monoisotopic (exact) mass is 265 g/mol. The van der Waals surface area contributed by atoms with Crippen molar-refractivity contribution in [2.75, 3.05) is 26.9 Å². The van der Waals surface area contributed by atoms with Crippen molar-refractivity contribution in [1.82, 2.24) is 5.32 Å². The van der Waals surface area contributed by atoms with Crippen LogP contribution in [0.2, 0.25) is 0 Å². The van der Waals surface area contributed by atoms with E-state index >= 15 is 0 Å². The lowest BCUT2D eigenvalue weighted by Gasteiger charge is -2.23. The molecule has 108 valence electrons. The molecule has 0 fully saturated rings. The van der Waals surface area contributed by atoms with E-state index < -0.39 is 0 Å². The van der Waals surface area contributed by atoms with E-state index in [2.05, 4.69) is 45.1 Å². The quantitative estimate of drug-likeness (QED) is 0.731. The van der Waals surface area contributed by atoms with Crippen LogP contribution >= 0.6 is 0 Å². The summed E-state index contributed by atoms with van der Waals surface area (Å²) < 4.78 is 11.3. The Bertz CT molecular complexity index is 391. The molecule has 3 heteroatoms. The molecule has 0 bridgehead atoms. The van der Waals surface area contributed by atoms with Crippen LogP contribution in [0.4, 0.5) is 0 Å². The fourth-order valence-corrected chi connectivity index (χ4v) is 2.39. The molecular weight excluding hydrogens is 238 g/mol. The molecule has 0 spiro atoms. The lowest BCUT2D eigenvalue weighted by molar-refractivity contribution is 0.111. The first-order chi connectivity index (χ1) is 9.13. The van der Waals surface area contributed by atoms with E-state index in [9.17, 15) is 0 Å². The van der Waals surface area contributed by atoms with Gasteiger partial charge in [-0.2, -0.15) is 0 Å². The second-order valence-electron chi connectivity index (χ2n) is 4.88. The lowest BCUT2D eigenvalue weighted by atomic mass is 9.98. The molecule has 1 atom stereocenters. The van der Waals surface area contributed by atoms with E-state index in [4.69, 9.17) is 9.47 Å². The summed E-state index contributed by atoms with van der Waals surface area (Å²) in [4.78, 5) is 0. The third-order valence-corrected chi connectivity index (χ3v) is 3.15. The van der Waals surface area contributed by atoms with Gasteiger partial charge in [0.15, 0.2) is 0 Å². The molecule has 0 saturated heterocycles. The normalized spacial score (nSPS) is 12.5. The summed E-state index contributed by atoms with van der Waals surface area (Å²) in [6.45, 7) is 10.9. The molecule has 0 aliphatic rings. The first-order valence-corrected chi connectivity index (χ1v) is 7.10. The zero-order valence-corrected chi connectivity index (χ0v) is 12.9. The van der Waals surface area contributed by atoms with E-state index in [1.54, 1.807) is 7.11 Å². The molecule has 1 aromatic rings. The van der Waals surface area contributed by atoms with Crippen LogP contribution in [0, 0.1) is 13.8 Å². The number of aryl methyl sites for hydroxylation is 2. The first kappa shape index (κ1) is 16.0. The summed E-state index contributed by atoms with van der Waals surface area (Å²) in [6.07, 6.45) is 1.04. The Hall–Kier alpha value is -1.06. The molecule has 19 heavy (non-hydrogen) atoms. The summed E-state index contributed by atoms with van der Waals surface area (Å²) in [7, 11) is 1.73. The minimum absolute atomic E-state index is 0.187. The number of hydrogen-bond acceptors (Lipinski definition) is 3. The fraction of sp³-hybridized carbons (Fsp3) is 0.625. The Morgan fingerprint density at radius 2 is 1.95 bits per heavy atom. The van der Waals surface area contributed by atoms with Crippen molar-refractivity contribution < 1.29 is 9.47 Å². The molecule has 0 heterocycles. The summed E-state index contributed by atoms with van der Waals surface area (Å²) in [5.41, 5.74) is 3.69. The minimum atomic E-state index is 0.187. The minimum Gasteiger partial charge on any atom is -0.496 e. The van der Waals surface area contributed by atoms with Crippen molar-refractivity contribution in [3.63, 3.8) is 0 Å². The summed E-state index contributed by atoms with van der Waals surface area (Å²) >= 11 is 0. The van der Waals surface area contributed by atoms with Gasteiger partial charge in [-0.15, -0.1) is 0 Å². The van der Waals surface area contributed by atoms with Gasteiger partial charge in [0.25, 0.3) is 0 Å². The molecule has 0 amide bonds. The number of nitrogens with one attached hydrogen (secondary N) is 1. The van der Waals surface area contributed by atoms with Crippen molar-refractivity contribution >= 4 is 0 Å². The molecular formula is C16H27NO2. The van der Waals surface area contributed by atoms with Crippen molar-refractivity contribution in [2.24, 2.45) is 0 Å². The van der Waals surface area contributed by atoms with Gasteiger partial charge in [-0.3, -0.25) is 0 Å². The Morgan fingerprint density at radius 1 is 1.21 bits per heavy atom. The number of ether oxygens (including phenoxy) is 2. The van der Waals surface area contributed by atoms with E-state index in [-0.39, 0.29) is 6.04 Å². The van der Waals surface area contributed by atoms with Gasteiger partial charge in [0.2, 0.25) is 0 Å². The molecule has 0 saturated carbocycles. The predicted molar refractivity (Wildman–Crippen MR) is 80.0 cm³/mol. The topological polar surface area (TPSA) is 30.5 Å². The van der Waals surface area contributed by atoms with Crippen LogP contribution in [-0.2, 0) is 4.74 Å². The fourth-order valence-electron chi connectivity index (χ4n) is 2.39. The van der Waals surface area contributed by atoms with Gasteiger partial charge >= 0.3 is 0 Å². The van der Waals surface area contributed by atoms with Crippen molar-refractivity contribution in [3.8, 4) is 5.75 Å². The van der Waals surface area contributed by atoms with Gasteiger partial charge in [-0.05, 0) is 44.0 Å². The Balaban J connectivity index is 2.99. The number of benzene rings is 1. The van der Waals surface area contributed by atoms with Gasteiger partial charge in [0.05, 0.1) is 19.8 Å². The summed E-state index contributed by atoms with van der Waals surface area (Å²) in [5.74, 6) is 0.948. The number of hydrogen-bond donors (Lipinski definition) is 1. The van der Waals surface area contributed by atoms with Crippen LogP contribution in [-0.4, -0.2) is 26.9 Å². The highest BCUT2D eigenvalue weighted by Gasteiger charge is 2.18. The van der Waals surface area contributed by atoms with E-state index in [1.165, 1.54) is 16.7 Å². The molecule has 0 radical (unpaired) electrons. The van der Waals surface area contributed by atoms with Gasteiger partial charge in [0.1, 0.15) is 5.75 Å². The van der Waals surface area contributed by atoms with E-state index in [1.807, 2.05) is 0 Å². The highest BCUT2D eigenvalue weighted by Crippen LogP contribution is 2.30. The maximum absolute atomic E-state index is 5.72. The third kappa shape index (κ3) is 4.51. The van der Waals surface area contributed by atoms with Gasteiger partial charge < -0.3 is 14.8 Å². The van der Waals surface area contributed by atoms with E-state index in [0.717, 1.165) is 25.3 Å². The average Bonchev–Trinajstić information content (AvgIpc) is 2.37. The SMILES string of the molecule is CCCOCC(NCC)c1c(C)cc(C)cc1OC. The molecule has 0 aliphatic heterocycles. The van der Waals surface area contributed by atoms with Crippen molar-refractivity contribution in [1.29, 1.82) is 0 Å². The Kier molecular flexibility index (Phi) is 6.89. The largest absolute Gasteiger partial charge is 0.496 e. The van der Waals surface area contributed by atoms with E-state index in [0.29, 0.717) is 6.61 Å². The van der Waals surface area contributed by atoms with Crippen molar-refractivity contribution in [3.05, 3.63) is 28.8 Å². The number of likely N-dealkylation sites (N-methyl/N-ethyl adjacent to an activating group) is 1. The standard InChI is InChI=1S/C16H27NO2/c1-6-8-19-11-14(17-7-2)16-13(4)9-12(3)10-15(16)18-5/h9-10,14,17H,6-8,11H2,1-5H3. The Morgan fingerprint density at radius 3 is 2.53 bits per heavy atom. The molecule has 1 aromatic carbocycles. The predicted octanol–water partition coefficient (Wildman–Crippen LogP) is 3.39. The average molecular weight is 265 g/mol. The van der Waals surface area contributed by atoms with Crippen LogP contribution in [0.3, 0.4) is 0 Å². The number of methoxy groups -OCH3 is 1. The molecule has 1 N–H and O–H groups in total. The highest BCUT2D eigenvalue weighted by molar-refractivity contribution is 5.45. The van der Waals surface area contributed by atoms with Crippen LogP contribution in [0.1, 0.15) is 43.0 Å². The molecule has 3 nitrogen and oxygen atoms in total. The van der Waals surface area contributed by atoms with Crippen molar-refractivity contribution in [2.45, 2.75) is 40.2 Å².